The van der Waals surface area contributed by atoms with Gasteiger partial charge in [-0.25, -0.2) is 9.97 Å². The van der Waals surface area contributed by atoms with Gasteiger partial charge >= 0.3 is 0 Å². The van der Waals surface area contributed by atoms with Crippen molar-refractivity contribution in [2.45, 2.75) is 31.6 Å². The summed E-state index contributed by atoms with van der Waals surface area (Å²) in [7, 11) is 0. The number of para-hydroxylation sites is 1. The lowest BCUT2D eigenvalue weighted by molar-refractivity contribution is 0.0873. The maximum Gasteiger partial charge on any atom is 0.227 e. The number of hydrogen-bond donors (Lipinski definition) is 4. The van der Waals surface area contributed by atoms with Crippen LogP contribution in [0.3, 0.4) is 0 Å². The number of anilines is 2. The summed E-state index contributed by atoms with van der Waals surface area (Å²) < 4.78 is 17.4. The zero-order valence-electron chi connectivity index (χ0n) is 18.2. The highest BCUT2D eigenvalue weighted by Gasteiger charge is 2.31. The zero-order chi connectivity index (χ0) is 22.8. The Morgan fingerprint density at radius 3 is 2.97 bits per heavy atom. The Hall–Kier alpha value is -2.92. The lowest BCUT2D eigenvalue weighted by Crippen LogP contribution is -2.47. The minimum atomic E-state index is -0.769. The molecule has 33 heavy (non-hydrogen) atoms. The normalized spacial score (nSPS) is 18.9. The van der Waals surface area contributed by atoms with E-state index in [1.54, 1.807) is 12.5 Å². The highest BCUT2D eigenvalue weighted by atomic mass is 32.2. The predicted molar refractivity (Wildman–Crippen MR) is 129 cm³/mol. The van der Waals surface area contributed by atoms with Crippen molar-refractivity contribution in [3.8, 4) is 5.75 Å². The largest absolute Gasteiger partial charge is 0.617 e. The fourth-order valence-electron chi connectivity index (χ4n) is 4.00. The molecule has 1 aliphatic rings. The quantitative estimate of drug-likeness (QED) is 0.277. The molecule has 4 aromatic rings. The second-order valence-electron chi connectivity index (χ2n) is 8.24. The lowest BCUT2D eigenvalue weighted by atomic mass is 9.89. The number of aliphatic hydroxyl groups excluding tert-OH is 1. The average molecular weight is 467 g/mol. The van der Waals surface area contributed by atoms with Gasteiger partial charge in [-0.05, 0) is 37.1 Å². The van der Waals surface area contributed by atoms with Gasteiger partial charge in [-0.15, -0.1) is 0 Å². The summed E-state index contributed by atoms with van der Waals surface area (Å²) in [5, 5.41) is 24.9. The summed E-state index contributed by atoms with van der Waals surface area (Å²) in [5.74, 6) is 1.89. The molecule has 0 saturated heterocycles. The van der Waals surface area contributed by atoms with Crippen LogP contribution in [0.25, 0.3) is 21.8 Å². The van der Waals surface area contributed by atoms with E-state index in [0.717, 1.165) is 52.6 Å². The number of benzene rings is 2. The van der Waals surface area contributed by atoms with E-state index in [-0.39, 0.29) is 12.7 Å². The number of nitrogens with one attached hydrogen (secondary N) is 3. The summed E-state index contributed by atoms with van der Waals surface area (Å²) in [4.78, 5) is 9.15. The molecular weight excluding hydrogens is 440 g/mol. The first-order valence-electron chi connectivity index (χ1n) is 10.9. The number of hydrogen-bond acceptors (Lipinski definition) is 8. The number of aromatic nitrogens is 4. The number of aromatic amines is 1. The summed E-state index contributed by atoms with van der Waals surface area (Å²) in [6, 6.07) is 12.0. The third-order valence-corrected chi connectivity index (χ3v) is 6.61. The Morgan fingerprint density at radius 1 is 1.27 bits per heavy atom. The third-order valence-electron chi connectivity index (χ3n) is 5.83. The van der Waals surface area contributed by atoms with E-state index in [0.29, 0.717) is 23.4 Å². The van der Waals surface area contributed by atoms with Crippen molar-refractivity contribution in [2.24, 2.45) is 0 Å². The van der Waals surface area contributed by atoms with Crippen molar-refractivity contribution in [1.29, 1.82) is 0 Å². The van der Waals surface area contributed by atoms with Crippen LogP contribution >= 0.6 is 0 Å². The molecule has 0 spiro atoms. The van der Waals surface area contributed by atoms with Crippen LogP contribution in [0.4, 0.5) is 11.6 Å². The number of fused-ring (bicyclic) bond motifs is 2. The minimum Gasteiger partial charge on any atom is -0.617 e. The summed E-state index contributed by atoms with van der Waals surface area (Å²) in [6.07, 6.45) is 5.48. The van der Waals surface area contributed by atoms with Gasteiger partial charge in [-0.3, -0.25) is 5.10 Å². The van der Waals surface area contributed by atoms with E-state index >= 15 is 0 Å². The van der Waals surface area contributed by atoms with Crippen LogP contribution in [0, 0.1) is 0 Å². The average Bonchev–Trinajstić information content (AvgIpc) is 3.19. The van der Waals surface area contributed by atoms with Crippen LogP contribution in [0.2, 0.25) is 0 Å². The SMILES string of the molecule is C[S+]([O-])CCN[C@H]1C[C@@H](Oc2cccc3cnc(Nc4ccc5c(CO)n[nH]c5c4)nc23)C1. The van der Waals surface area contributed by atoms with Gasteiger partial charge in [0, 0.05) is 35.2 Å². The van der Waals surface area contributed by atoms with E-state index in [2.05, 4.69) is 25.8 Å². The van der Waals surface area contributed by atoms with Crippen molar-refractivity contribution in [1.82, 2.24) is 25.5 Å². The van der Waals surface area contributed by atoms with Gasteiger partial charge in [-0.1, -0.05) is 23.3 Å². The van der Waals surface area contributed by atoms with Crippen molar-refractivity contribution >= 4 is 44.6 Å². The van der Waals surface area contributed by atoms with Crippen LogP contribution in [-0.4, -0.2) is 60.5 Å². The van der Waals surface area contributed by atoms with Crippen molar-refractivity contribution in [2.75, 3.05) is 23.9 Å². The Kier molecular flexibility index (Phi) is 6.32. The first-order chi connectivity index (χ1) is 16.1. The Balaban J connectivity index is 1.28. The molecule has 1 saturated carbocycles. The number of ether oxygens (including phenoxy) is 1. The van der Waals surface area contributed by atoms with Crippen molar-refractivity contribution in [3.63, 3.8) is 0 Å². The van der Waals surface area contributed by atoms with Gasteiger partial charge in [0.2, 0.25) is 5.95 Å². The molecule has 1 fully saturated rings. The van der Waals surface area contributed by atoms with Gasteiger partial charge in [0.05, 0.1) is 24.1 Å². The van der Waals surface area contributed by atoms with Gasteiger partial charge in [-0.2, -0.15) is 5.10 Å². The standard InChI is InChI=1S/C23H26N6O3S/c1-33(31)8-7-24-16-9-17(10-16)32-21-4-2-3-14-12-25-23(27-22(14)21)26-15-5-6-18-19(11-15)28-29-20(18)13-30/h2-6,11-12,16-17,24,30H,7-10,13H2,1H3,(H,28,29)(H,25,26,27)/t16-,17+,33?. The van der Waals surface area contributed by atoms with E-state index in [1.165, 1.54) is 0 Å². The highest BCUT2D eigenvalue weighted by Crippen LogP contribution is 2.31. The molecule has 0 amide bonds. The number of aliphatic hydroxyl groups is 1. The van der Waals surface area contributed by atoms with Gasteiger partial charge in [0.15, 0.2) is 0 Å². The van der Waals surface area contributed by atoms with Crippen molar-refractivity contribution in [3.05, 3.63) is 48.3 Å². The fourth-order valence-corrected chi connectivity index (χ4v) is 4.41. The zero-order valence-corrected chi connectivity index (χ0v) is 19.1. The van der Waals surface area contributed by atoms with E-state index in [1.807, 2.05) is 36.4 Å². The number of rotatable bonds is 9. The lowest BCUT2D eigenvalue weighted by Gasteiger charge is -2.36. The maximum atomic E-state index is 11.2. The van der Waals surface area contributed by atoms with Gasteiger partial charge in [0.25, 0.3) is 0 Å². The van der Waals surface area contributed by atoms with Crippen molar-refractivity contribution < 1.29 is 14.4 Å². The topological polar surface area (TPSA) is 131 Å². The smallest absolute Gasteiger partial charge is 0.227 e. The van der Waals surface area contributed by atoms with E-state index in [4.69, 9.17) is 9.72 Å². The second kappa shape index (κ2) is 9.52. The molecule has 4 N–H and O–H groups in total. The minimum absolute atomic E-state index is 0.110. The predicted octanol–water partition coefficient (Wildman–Crippen LogP) is 2.62. The summed E-state index contributed by atoms with van der Waals surface area (Å²) >= 11 is -0.769. The molecule has 0 aliphatic heterocycles. The molecule has 1 aliphatic carbocycles. The van der Waals surface area contributed by atoms with E-state index in [9.17, 15) is 9.66 Å². The maximum absolute atomic E-state index is 11.2. The molecule has 2 heterocycles. The van der Waals surface area contributed by atoms with Gasteiger partial charge < -0.3 is 25.0 Å². The molecule has 1 atom stereocenters. The first kappa shape index (κ1) is 21.9. The van der Waals surface area contributed by atoms with Crippen LogP contribution in [0.1, 0.15) is 18.5 Å². The van der Waals surface area contributed by atoms with Crippen LogP contribution in [-0.2, 0) is 17.8 Å². The molecule has 5 rings (SSSR count). The molecule has 2 aromatic carbocycles. The molecule has 0 bridgehead atoms. The Labute approximate surface area is 194 Å². The first-order valence-corrected chi connectivity index (χ1v) is 12.6. The molecule has 2 aromatic heterocycles. The number of nitrogens with zero attached hydrogens (tertiary/aromatic N) is 3. The Morgan fingerprint density at radius 2 is 2.15 bits per heavy atom. The molecule has 9 nitrogen and oxygen atoms in total. The summed E-state index contributed by atoms with van der Waals surface area (Å²) in [6.45, 7) is 0.656. The molecule has 172 valence electrons. The van der Waals surface area contributed by atoms with Gasteiger partial charge in [0.1, 0.15) is 23.1 Å². The third kappa shape index (κ3) is 4.88. The van der Waals surface area contributed by atoms with Crippen LogP contribution in [0.15, 0.2) is 42.6 Å². The van der Waals surface area contributed by atoms with E-state index < -0.39 is 11.2 Å². The summed E-state index contributed by atoms with van der Waals surface area (Å²) in [5.41, 5.74) is 3.02. The molecular formula is C23H26N6O3S. The molecule has 0 radical (unpaired) electrons. The number of H-pyrrole nitrogens is 1. The Bertz CT molecular complexity index is 1260. The second-order valence-corrected chi connectivity index (χ2v) is 9.80. The monoisotopic (exact) mass is 466 g/mol. The fraction of sp³-hybridized carbons (Fsp3) is 0.348. The highest BCUT2D eigenvalue weighted by molar-refractivity contribution is 7.90. The van der Waals surface area contributed by atoms with Crippen LogP contribution in [0.5, 0.6) is 5.75 Å². The molecule has 10 heteroatoms. The molecule has 1 unspecified atom stereocenters. The van der Waals surface area contributed by atoms with Crippen LogP contribution < -0.4 is 15.4 Å².